The molecule has 0 radical (unpaired) electrons. The molecule has 103 heavy (non-hydrogen) atoms. The highest BCUT2D eigenvalue weighted by Gasteiger charge is 2.30. The summed E-state index contributed by atoms with van der Waals surface area (Å²) < 4.78 is 68.8. The molecule has 0 aliphatic heterocycles. The number of esters is 4. The molecule has 0 aromatic rings. The number of phosphoric acid groups is 2. The third-order valence-corrected chi connectivity index (χ3v) is 22.0. The van der Waals surface area contributed by atoms with E-state index in [-0.39, 0.29) is 25.7 Å². The Morgan fingerprint density at radius 2 is 0.466 bits per heavy atom. The van der Waals surface area contributed by atoms with E-state index in [1.165, 1.54) is 276 Å². The van der Waals surface area contributed by atoms with Crippen LogP contribution in [0.25, 0.3) is 0 Å². The molecule has 612 valence electrons. The van der Waals surface area contributed by atoms with Crippen LogP contribution in [-0.2, 0) is 65.4 Å². The molecule has 0 aliphatic rings. The molecule has 0 fully saturated rings. The average Bonchev–Trinajstić information content (AvgIpc) is 1.11. The van der Waals surface area contributed by atoms with Crippen LogP contribution < -0.4 is 0 Å². The molecule has 3 N–H and O–H groups in total. The molecular weight excluding hydrogens is 1340 g/mol. The first-order chi connectivity index (χ1) is 50.1. The zero-order valence-electron chi connectivity index (χ0n) is 67.5. The topological polar surface area (TPSA) is 237 Å². The van der Waals surface area contributed by atoms with Crippen molar-refractivity contribution in [3.63, 3.8) is 0 Å². The van der Waals surface area contributed by atoms with Gasteiger partial charge in [-0.25, -0.2) is 9.13 Å². The predicted octanol–water partition coefficient (Wildman–Crippen LogP) is 25.6. The quantitative estimate of drug-likeness (QED) is 0.0222. The fourth-order valence-electron chi connectivity index (χ4n) is 13.1. The van der Waals surface area contributed by atoms with Gasteiger partial charge in [0.05, 0.1) is 26.4 Å². The lowest BCUT2D eigenvalue weighted by molar-refractivity contribution is -0.161. The fraction of sp³-hybridized carbons (Fsp3) is 0.952. The predicted molar refractivity (Wildman–Crippen MR) is 423 cm³/mol. The maximum Gasteiger partial charge on any atom is 0.472 e. The Morgan fingerprint density at radius 3 is 0.689 bits per heavy atom. The van der Waals surface area contributed by atoms with Crippen LogP contribution in [0.5, 0.6) is 0 Å². The zero-order valence-corrected chi connectivity index (χ0v) is 69.3. The fourth-order valence-corrected chi connectivity index (χ4v) is 14.7. The summed E-state index contributed by atoms with van der Waals surface area (Å²) in [4.78, 5) is 73.1. The van der Waals surface area contributed by atoms with E-state index < -0.39 is 97.5 Å². The van der Waals surface area contributed by atoms with Crippen LogP contribution >= 0.6 is 15.6 Å². The van der Waals surface area contributed by atoms with Gasteiger partial charge in [0.25, 0.3) is 0 Å². The van der Waals surface area contributed by atoms with E-state index in [0.717, 1.165) is 95.8 Å². The van der Waals surface area contributed by atoms with Crippen LogP contribution in [0.1, 0.15) is 452 Å². The van der Waals surface area contributed by atoms with E-state index in [1.807, 2.05) is 0 Å². The lowest BCUT2D eigenvalue weighted by Gasteiger charge is -2.21. The van der Waals surface area contributed by atoms with Gasteiger partial charge in [0.1, 0.15) is 19.3 Å². The summed E-state index contributed by atoms with van der Waals surface area (Å²) in [6.45, 7) is 7.40. The number of carbonyl (C=O) groups excluding carboxylic acids is 4. The summed E-state index contributed by atoms with van der Waals surface area (Å²) in [7, 11) is -9.92. The first-order valence-corrected chi connectivity index (χ1v) is 46.7. The number of phosphoric ester groups is 2. The van der Waals surface area contributed by atoms with Crippen LogP contribution in [0, 0.1) is 5.92 Å². The van der Waals surface area contributed by atoms with Gasteiger partial charge >= 0.3 is 39.5 Å². The van der Waals surface area contributed by atoms with Crippen molar-refractivity contribution in [1.29, 1.82) is 0 Å². The Bertz CT molecular complexity index is 1960. The number of hydrogen-bond donors (Lipinski definition) is 3. The first kappa shape index (κ1) is 101. The monoisotopic (exact) mass is 1510 g/mol. The van der Waals surface area contributed by atoms with Crippen molar-refractivity contribution >= 4 is 39.5 Å². The minimum Gasteiger partial charge on any atom is -0.462 e. The van der Waals surface area contributed by atoms with Crippen LogP contribution in [0.15, 0.2) is 0 Å². The van der Waals surface area contributed by atoms with Gasteiger partial charge in [-0.3, -0.25) is 37.3 Å². The SMILES string of the molecule is CCCCCCCCCCCCCCCCCCCCCCCC(=O)O[C@H](COC(=O)CCCCCCCCCCCCCCCCC(C)CC)COP(=O)(O)OC[C@@H](O)COP(=O)(O)OC[C@@H](COC(=O)CCCCCCCCCCCCCC)OC(=O)CCCCCCCCCCCCCC. The van der Waals surface area contributed by atoms with Crippen LogP contribution in [0.2, 0.25) is 0 Å². The third-order valence-electron chi connectivity index (χ3n) is 20.1. The average molecular weight is 1510 g/mol. The second-order valence-electron chi connectivity index (χ2n) is 30.5. The number of aliphatic hydroxyl groups excluding tert-OH is 1. The molecule has 19 heteroatoms. The summed E-state index contributed by atoms with van der Waals surface area (Å²) >= 11 is 0. The molecule has 3 unspecified atom stereocenters. The van der Waals surface area contributed by atoms with Crippen molar-refractivity contribution in [1.82, 2.24) is 0 Å². The second-order valence-corrected chi connectivity index (χ2v) is 33.4. The van der Waals surface area contributed by atoms with Crippen molar-refractivity contribution in [3.8, 4) is 0 Å². The lowest BCUT2D eigenvalue weighted by Crippen LogP contribution is -2.30. The molecule has 0 rings (SSSR count). The van der Waals surface area contributed by atoms with E-state index in [2.05, 4.69) is 34.6 Å². The van der Waals surface area contributed by atoms with Gasteiger partial charge in [-0.15, -0.1) is 0 Å². The van der Waals surface area contributed by atoms with E-state index in [9.17, 15) is 43.2 Å². The Hall–Kier alpha value is -1.94. The Balaban J connectivity index is 5.23. The van der Waals surface area contributed by atoms with Gasteiger partial charge in [0.15, 0.2) is 12.2 Å². The first-order valence-electron chi connectivity index (χ1n) is 43.7. The van der Waals surface area contributed by atoms with Gasteiger partial charge in [-0.1, -0.05) is 401 Å². The highest BCUT2D eigenvalue weighted by molar-refractivity contribution is 7.47. The molecule has 0 bridgehead atoms. The van der Waals surface area contributed by atoms with E-state index >= 15 is 0 Å². The smallest absolute Gasteiger partial charge is 0.462 e. The second kappa shape index (κ2) is 76.8. The third kappa shape index (κ3) is 76.6. The summed E-state index contributed by atoms with van der Waals surface area (Å²) in [6, 6.07) is 0. The minimum atomic E-state index is -4.96. The molecule has 0 heterocycles. The number of carbonyl (C=O) groups is 4. The van der Waals surface area contributed by atoms with Gasteiger partial charge in [0.2, 0.25) is 0 Å². The molecule has 0 aromatic carbocycles. The van der Waals surface area contributed by atoms with E-state index in [1.54, 1.807) is 0 Å². The van der Waals surface area contributed by atoms with Crippen LogP contribution in [-0.4, -0.2) is 96.7 Å². The van der Waals surface area contributed by atoms with Crippen LogP contribution in [0.3, 0.4) is 0 Å². The Labute approximate surface area is 632 Å². The van der Waals surface area contributed by atoms with Crippen molar-refractivity contribution in [2.75, 3.05) is 39.6 Å². The van der Waals surface area contributed by atoms with Gasteiger partial charge in [-0.2, -0.15) is 0 Å². The largest absolute Gasteiger partial charge is 0.472 e. The number of unbranched alkanes of at least 4 members (excludes halogenated alkanes) is 55. The molecule has 0 spiro atoms. The summed E-state index contributed by atoms with van der Waals surface area (Å²) in [5, 5.41) is 10.7. The standard InChI is InChI=1S/C84H164O17P2/c1-6-10-13-16-19-22-25-28-29-30-31-32-33-34-35-40-45-50-55-60-65-70-84(89)101-80(74-95-82(87)68-63-58-53-48-44-39-37-36-38-41-46-51-56-61-66-77(5)9-4)76-99-103(92,93)97-72-78(85)71-96-102(90,91)98-75-79(100-83(88)69-64-59-54-49-43-27-24-21-18-15-12-8-3)73-94-81(86)67-62-57-52-47-42-26-23-20-17-14-11-7-2/h77-80,85H,6-76H2,1-5H3,(H,90,91)(H,92,93)/t77?,78-,79+,80+/m0/s1. The van der Waals surface area contributed by atoms with Gasteiger partial charge < -0.3 is 33.8 Å². The van der Waals surface area contributed by atoms with Crippen molar-refractivity contribution < 1.29 is 80.2 Å². The Morgan fingerprint density at radius 1 is 0.272 bits per heavy atom. The van der Waals surface area contributed by atoms with Crippen molar-refractivity contribution in [3.05, 3.63) is 0 Å². The minimum absolute atomic E-state index is 0.108. The maximum absolute atomic E-state index is 13.1. The van der Waals surface area contributed by atoms with Crippen molar-refractivity contribution in [2.45, 2.75) is 470 Å². The number of hydrogen-bond acceptors (Lipinski definition) is 15. The molecule has 0 saturated heterocycles. The number of ether oxygens (including phenoxy) is 4. The number of aliphatic hydroxyl groups is 1. The maximum atomic E-state index is 13.1. The lowest BCUT2D eigenvalue weighted by atomic mass is 9.99. The molecule has 0 amide bonds. The van der Waals surface area contributed by atoms with Gasteiger partial charge in [-0.05, 0) is 31.6 Å². The van der Waals surface area contributed by atoms with Crippen molar-refractivity contribution in [2.24, 2.45) is 5.92 Å². The molecule has 6 atom stereocenters. The summed E-state index contributed by atoms with van der Waals surface area (Å²) in [5.41, 5.74) is 0. The number of rotatable bonds is 84. The molecule has 0 saturated carbocycles. The molecule has 0 aromatic heterocycles. The molecule has 17 nitrogen and oxygen atoms in total. The molecular formula is C84H164O17P2. The zero-order chi connectivity index (χ0) is 75.5. The highest BCUT2D eigenvalue weighted by Crippen LogP contribution is 2.45. The summed E-state index contributed by atoms with van der Waals surface area (Å²) in [5.74, 6) is -1.25. The van der Waals surface area contributed by atoms with Crippen LogP contribution in [0.4, 0.5) is 0 Å². The summed E-state index contributed by atoms with van der Waals surface area (Å²) in [6.07, 6.45) is 69.3. The highest BCUT2D eigenvalue weighted by atomic mass is 31.2. The van der Waals surface area contributed by atoms with Gasteiger partial charge in [0, 0.05) is 25.7 Å². The Kier molecular flexibility index (Phi) is 75.4. The normalized spacial score (nSPS) is 14.1. The van der Waals surface area contributed by atoms with E-state index in [4.69, 9.17) is 37.0 Å². The van der Waals surface area contributed by atoms with E-state index in [0.29, 0.717) is 25.7 Å². The molecule has 0 aliphatic carbocycles.